The van der Waals surface area contributed by atoms with Gasteiger partial charge in [0.05, 0.1) is 85.8 Å². The van der Waals surface area contributed by atoms with Crippen molar-refractivity contribution in [2.24, 2.45) is 0 Å². The molecular weight excluding hydrogens is 1320 g/mol. The zero-order valence-corrected chi connectivity index (χ0v) is 54.1. The number of nitrogens with one attached hydrogen (secondary N) is 3. The van der Waals surface area contributed by atoms with Crippen LogP contribution < -0.4 is 30.2 Å². The predicted molar refractivity (Wildman–Crippen MR) is 360 cm³/mol. The Labute approximate surface area is 579 Å². The van der Waals surface area contributed by atoms with Crippen molar-refractivity contribution >= 4 is 63.2 Å². The van der Waals surface area contributed by atoms with Crippen LogP contribution in [0.5, 0.6) is 34.5 Å². The largest absolute Gasteiger partial charge is 0.508 e. The van der Waals surface area contributed by atoms with Crippen LogP contribution in [-0.2, 0) is 14.4 Å². The number of benzene rings is 7. The number of carboxylic acid groups (broad SMARTS) is 1. The number of alkyl halides is 4. The minimum absolute atomic E-state index is 0.0333. The number of carbonyl (C=O) groups is 7. The molecule has 6 N–H and O–H groups in total. The van der Waals surface area contributed by atoms with Crippen LogP contribution in [0.1, 0.15) is 89.7 Å². The number of aromatic nitrogens is 2. The Morgan fingerprint density at radius 1 is 0.549 bits per heavy atom. The third kappa shape index (κ3) is 15.4. The average Bonchev–Trinajstić information content (AvgIpc) is 0.869. The molecule has 0 aliphatic carbocycles. The van der Waals surface area contributed by atoms with Gasteiger partial charge in [-0.05, 0) is 120 Å². The number of amides is 6. The summed E-state index contributed by atoms with van der Waals surface area (Å²) in [6.07, 6.45) is 1.90. The maximum atomic E-state index is 14.3. The first kappa shape index (κ1) is 69.3. The minimum atomic E-state index is -3.22. The lowest BCUT2D eigenvalue weighted by molar-refractivity contribution is -0.132. The van der Waals surface area contributed by atoms with Gasteiger partial charge in [0.25, 0.3) is 29.6 Å². The first-order valence-electron chi connectivity index (χ1n) is 32.2. The van der Waals surface area contributed by atoms with Gasteiger partial charge < -0.3 is 60.2 Å². The molecule has 3 aliphatic heterocycles. The summed E-state index contributed by atoms with van der Waals surface area (Å²) < 4.78 is 74.6. The van der Waals surface area contributed by atoms with Crippen LogP contribution >= 0.6 is 0 Å². The highest BCUT2D eigenvalue weighted by atomic mass is 19.3. The standard InChI is InChI=1S/C75H62F4N10O13/c76-74(77)34-48(36-80)88(41-74)67(93)39-85-71(96)56-19-21-82-62-30-45(9-14-54(56)62)43-5-1-7-52(27-43)100-25-3-23-87(66(92)38-84-70(95)47-11-16-58(73(98)99)61(29-47)69-59-17-12-50(90)32-64(59)102-65-33-51(91)13-18-60(65)69)24-4-26-101-53-8-2-6-44(28-53)46-10-15-55-57(20-22-83-63(55)31-46)72(97)86-40-68(94)89-42-75(78,79)35-49(89)37-81/h1-2,5-22,27-33,48-49,69,90-91H,3-4,23-26,34-35,38-42H2,(H,84,95)(H,85,96)(H,86,97)(H,98,99)/t48-,49-/m0/s1. The number of likely N-dealkylation sites (tertiary alicyclic amines) is 2. The molecule has 0 radical (unpaired) electrons. The summed E-state index contributed by atoms with van der Waals surface area (Å²) in [5.74, 6) is -11.5. The van der Waals surface area contributed by atoms with Crippen molar-refractivity contribution in [2.75, 3.05) is 59.0 Å². The Morgan fingerprint density at radius 3 is 1.49 bits per heavy atom. The van der Waals surface area contributed by atoms with Gasteiger partial charge in [-0.2, -0.15) is 10.5 Å². The predicted octanol–water partition coefficient (Wildman–Crippen LogP) is 9.99. The molecule has 9 aromatic rings. The fourth-order valence-electron chi connectivity index (χ4n) is 12.8. The number of rotatable bonds is 23. The van der Waals surface area contributed by atoms with E-state index in [0.717, 1.165) is 20.9 Å². The van der Waals surface area contributed by atoms with Gasteiger partial charge in [-0.15, -0.1) is 0 Å². The molecule has 0 unspecified atom stereocenters. The second-order valence-corrected chi connectivity index (χ2v) is 24.6. The van der Waals surface area contributed by atoms with Gasteiger partial charge in [-0.1, -0.05) is 60.7 Å². The van der Waals surface area contributed by atoms with E-state index in [2.05, 4.69) is 25.9 Å². The van der Waals surface area contributed by atoms with Crippen LogP contribution in [0.25, 0.3) is 44.1 Å². The molecule has 2 atom stereocenters. The van der Waals surface area contributed by atoms with Gasteiger partial charge in [0, 0.05) is 83.8 Å². The van der Waals surface area contributed by atoms with E-state index in [0.29, 0.717) is 68.4 Å². The number of carbonyl (C=O) groups excluding carboxylic acids is 6. The van der Waals surface area contributed by atoms with E-state index in [-0.39, 0.29) is 77.1 Å². The van der Waals surface area contributed by atoms with Crippen molar-refractivity contribution in [3.63, 3.8) is 0 Å². The van der Waals surface area contributed by atoms with Gasteiger partial charge in [-0.3, -0.25) is 38.7 Å². The Bertz CT molecular complexity index is 4670. The molecule has 7 aromatic carbocycles. The monoisotopic (exact) mass is 1390 g/mol. The SMILES string of the molecule is N#C[C@@H]1CC(F)(F)CN1C(=O)CNC(=O)c1ccnc2cc(-c3cccc(OCCCN(CCCOc4cccc(-c5ccc6c(C(=O)NCC(=O)N7CC(F)(F)C[C@H]7C#N)ccnc6c5)c4)C(=O)CNC(=O)c4ccc(C(=O)O)c(C5c6ccc(O)cc6Oc6cc(O)ccc65)c4)c3)ccc12. The summed E-state index contributed by atoms with van der Waals surface area (Å²) in [6.45, 7) is -2.94. The molecule has 6 amide bonds. The van der Waals surface area contributed by atoms with Crippen molar-refractivity contribution in [1.82, 2.24) is 40.6 Å². The molecule has 3 aliphatic rings. The Morgan fingerprint density at radius 2 is 1.02 bits per heavy atom. The first-order chi connectivity index (χ1) is 49.0. The molecule has 0 spiro atoms. The van der Waals surface area contributed by atoms with Gasteiger partial charge in [0.1, 0.15) is 46.6 Å². The fourth-order valence-corrected chi connectivity index (χ4v) is 12.8. The van der Waals surface area contributed by atoms with Crippen LogP contribution in [0.2, 0.25) is 0 Å². The van der Waals surface area contributed by atoms with Crippen molar-refractivity contribution in [3.05, 3.63) is 203 Å². The summed E-state index contributed by atoms with van der Waals surface area (Å²) in [5, 5.41) is 58.4. The number of halogens is 4. The first-order valence-corrected chi connectivity index (χ1v) is 32.2. The second kappa shape index (κ2) is 29.4. The van der Waals surface area contributed by atoms with Crippen molar-refractivity contribution in [3.8, 4) is 68.9 Å². The quantitative estimate of drug-likeness (QED) is 0.0256. The highest BCUT2D eigenvalue weighted by Crippen LogP contribution is 2.50. The summed E-state index contributed by atoms with van der Waals surface area (Å²) in [4.78, 5) is 106. The number of hydrogen-bond acceptors (Lipinski definition) is 16. The Hall–Kier alpha value is -12.7. The summed E-state index contributed by atoms with van der Waals surface area (Å²) in [7, 11) is 0. The molecular formula is C75H62F4N10O13. The molecule has 27 heteroatoms. The van der Waals surface area contributed by atoms with E-state index in [9.17, 15) is 77.0 Å². The van der Waals surface area contributed by atoms with Crippen molar-refractivity contribution in [1.29, 1.82) is 10.5 Å². The summed E-state index contributed by atoms with van der Waals surface area (Å²) in [5.41, 5.74) is 5.17. The molecule has 518 valence electrons. The third-order valence-corrected chi connectivity index (χ3v) is 17.7. The number of ether oxygens (including phenoxy) is 3. The number of pyridine rings is 2. The fraction of sp³-hybridized carbons (Fsp3) is 0.240. The highest BCUT2D eigenvalue weighted by Gasteiger charge is 2.48. The number of carboxylic acids is 1. The summed E-state index contributed by atoms with van der Waals surface area (Å²) >= 11 is 0. The van der Waals surface area contributed by atoms with Crippen LogP contribution in [0.4, 0.5) is 17.6 Å². The molecule has 2 fully saturated rings. The lowest BCUT2D eigenvalue weighted by Crippen LogP contribution is -2.43. The van der Waals surface area contributed by atoms with Gasteiger partial charge in [0.2, 0.25) is 17.7 Å². The molecule has 2 aromatic heterocycles. The maximum absolute atomic E-state index is 14.3. The van der Waals surface area contributed by atoms with Gasteiger partial charge in [-0.25, -0.2) is 22.4 Å². The van der Waals surface area contributed by atoms with Crippen LogP contribution in [0.3, 0.4) is 0 Å². The maximum Gasteiger partial charge on any atom is 0.335 e. The minimum Gasteiger partial charge on any atom is -0.508 e. The molecule has 102 heavy (non-hydrogen) atoms. The molecule has 12 rings (SSSR count). The normalized spacial score (nSPS) is 15.6. The van der Waals surface area contributed by atoms with Crippen LogP contribution in [0, 0.1) is 22.7 Å². The lowest BCUT2D eigenvalue weighted by atomic mass is 9.80. The number of aromatic carboxylic acids is 1. The molecule has 5 heterocycles. The van der Waals surface area contributed by atoms with E-state index in [1.54, 1.807) is 102 Å². The van der Waals surface area contributed by atoms with Crippen LogP contribution in [-0.4, -0.2) is 164 Å². The third-order valence-electron chi connectivity index (χ3n) is 17.7. The lowest BCUT2D eigenvalue weighted by Gasteiger charge is -2.30. The Balaban J connectivity index is 0.710. The van der Waals surface area contributed by atoms with Crippen molar-refractivity contribution < 1.29 is 80.7 Å². The number of fused-ring (bicyclic) bond motifs is 4. The molecule has 23 nitrogen and oxygen atoms in total. The van der Waals surface area contributed by atoms with E-state index >= 15 is 0 Å². The zero-order valence-electron chi connectivity index (χ0n) is 54.1. The van der Waals surface area contributed by atoms with E-state index in [1.807, 2.05) is 12.1 Å². The zero-order chi connectivity index (χ0) is 72.0. The topological polar surface area (TPSA) is 327 Å². The van der Waals surface area contributed by atoms with Crippen molar-refractivity contribution in [2.45, 2.75) is 55.5 Å². The average molecular weight is 1390 g/mol. The number of hydrogen-bond donors (Lipinski definition) is 6. The number of phenols is 2. The van der Waals surface area contributed by atoms with E-state index < -0.39 is 117 Å². The smallest absolute Gasteiger partial charge is 0.335 e. The molecule has 2 saturated heterocycles. The number of nitrogens with zero attached hydrogens (tertiary/aromatic N) is 7. The number of aromatic hydroxyl groups is 2. The van der Waals surface area contributed by atoms with E-state index in [1.165, 1.54) is 67.0 Å². The summed E-state index contributed by atoms with van der Waals surface area (Å²) in [6, 6.07) is 41.3. The van der Waals surface area contributed by atoms with Crippen LogP contribution in [0.15, 0.2) is 164 Å². The van der Waals surface area contributed by atoms with Gasteiger partial charge in [0.15, 0.2) is 0 Å². The molecule has 0 saturated carbocycles. The van der Waals surface area contributed by atoms with Gasteiger partial charge >= 0.3 is 5.97 Å². The number of phenolic OH excluding ortho intramolecular Hbond substituents is 2. The Kier molecular flexibility index (Phi) is 20.0. The highest BCUT2D eigenvalue weighted by molar-refractivity contribution is 6.09. The molecule has 0 bridgehead atoms. The van der Waals surface area contributed by atoms with E-state index in [4.69, 9.17) is 14.2 Å². The second-order valence-electron chi connectivity index (χ2n) is 24.6. The number of nitriles is 2.